The molecule has 1 aromatic rings. The number of carbonyl (C=O) groups excluding carboxylic acids is 1. The fourth-order valence-corrected chi connectivity index (χ4v) is 5.95. The normalized spacial score (nSPS) is 15.5. The third-order valence-electron chi connectivity index (χ3n) is 8.57. The molecule has 0 heterocycles. The molecule has 0 bridgehead atoms. The van der Waals surface area contributed by atoms with Gasteiger partial charge in [0.25, 0.3) is 0 Å². The molecule has 1 aromatic carbocycles. The first-order valence-electron chi connectivity index (χ1n) is 13.7. The van der Waals surface area contributed by atoms with E-state index in [1.165, 1.54) is 6.08 Å². The van der Waals surface area contributed by atoms with Crippen LogP contribution in [0, 0.1) is 0 Å². The van der Waals surface area contributed by atoms with Crippen LogP contribution < -0.4 is 0 Å². The lowest BCUT2D eigenvalue weighted by Gasteiger charge is -2.49. The zero-order valence-corrected chi connectivity index (χ0v) is 27.7. The number of unbranched alkanes of at least 4 members (excludes halogenated alkanes) is 1. The van der Waals surface area contributed by atoms with Crippen LogP contribution >= 0.6 is 0 Å². The Balaban J connectivity index is 3.62. The van der Waals surface area contributed by atoms with Gasteiger partial charge < -0.3 is 13.8 Å². The van der Waals surface area contributed by atoms with Crippen LogP contribution in [0.4, 0.5) is 0 Å². The minimum Gasteiger partial charge on any atom is -0.414 e. The van der Waals surface area contributed by atoms with Crippen molar-refractivity contribution < 1.29 is 13.6 Å². The average Bonchev–Trinajstić information content (AvgIpc) is 2.79. The lowest BCUT2D eigenvalue weighted by molar-refractivity contribution is -0.139. The molecule has 6 heteroatoms. The Hall–Kier alpha value is -1.48. The van der Waals surface area contributed by atoms with Crippen molar-refractivity contribution in [1.82, 2.24) is 4.90 Å². The molecule has 37 heavy (non-hydrogen) atoms. The topological polar surface area (TPSA) is 38.8 Å². The molecular weight excluding hydrogens is 491 g/mol. The number of carbonyl (C=O) groups is 1. The highest BCUT2D eigenvalue weighted by Crippen LogP contribution is 2.41. The summed E-state index contributed by atoms with van der Waals surface area (Å²) in [5.41, 5.74) is 0.528. The standard InChI is InChI=1S/C31H55NO3Si2/c1-14-16-20-23-31(9,25-35-37(12,13)30(6,7)8)32(28(33)15-2)27(26-21-18-17-19-22-26)24-34-36(10,11)29(3,4)5/h14-15,17-19,21-22,27H,1-2,16,20,23-25H2,3-13H3/t27-,31+/m0/s1. The summed E-state index contributed by atoms with van der Waals surface area (Å²) in [6, 6.07) is 10.0. The minimum absolute atomic E-state index is 0.0697. The Morgan fingerprint density at radius 3 is 1.89 bits per heavy atom. The van der Waals surface area contributed by atoms with Crippen LogP contribution in [-0.4, -0.2) is 46.2 Å². The fourth-order valence-electron chi connectivity index (χ4n) is 3.83. The summed E-state index contributed by atoms with van der Waals surface area (Å²) >= 11 is 0. The smallest absolute Gasteiger partial charge is 0.247 e. The van der Waals surface area contributed by atoms with Gasteiger partial charge in [0.15, 0.2) is 16.6 Å². The van der Waals surface area contributed by atoms with Gasteiger partial charge in [-0.05, 0) is 74.1 Å². The SMILES string of the molecule is C=CCCC[C@](C)(CO[Si](C)(C)C(C)(C)C)N(C(=O)C=C)[C@@H](CO[Si](C)(C)C(C)(C)C)c1ccccc1. The van der Waals surface area contributed by atoms with Gasteiger partial charge in [-0.15, -0.1) is 6.58 Å². The monoisotopic (exact) mass is 545 g/mol. The Kier molecular flexibility index (Phi) is 11.8. The summed E-state index contributed by atoms with van der Waals surface area (Å²) in [6.07, 6.45) is 6.01. The van der Waals surface area contributed by atoms with Crippen molar-refractivity contribution in [2.75, 3.05) is 13.2 Å². The predicted molar refractivity (Wildman–Crippen MR) is 165 cm³/mol. The lowest BCUT2D eigenvalue weighted by Crippen LogP contribution is -2.57. The number of nitrogens with zero attached hydrogens (tertiary/aromatic N) is 1. The van der Waals surface area contributed by atoms with E-state index in [0.717, 1.165) is 24.8 Å². The van der Waals surface area contributed by atoms with E-state index in [2.05, 4.69) is 99.9 Å². The van der Waals surface area contributed by atoms with Crippen LogP contribution in [0.3, 0.4) is 0 Å². The zero-order chi connectivity index (χ0) is 28.7. The first kappa shape index (κ1) is 33.6. The van der Waals surface area contributed by atoms with E-state index in [0.29, 0.717) is 13.2 Å². The third-order valence-corrected chi connectivity index (χ3v) is 17.6. The van der Waals surface area contributed by atoms with Gasteiger partial charge in [0, 0.05) is 0 Å². The number of allylic oxidation sites excluding steroid dienone is 1. The summed E-state index contributed by atoms with van der Waals surface area (Å²) in [5.74, 6) is -0.0902. The van der Waals surface area contributed by atoms with Gasteiger partial charge in [0.1, 0.15) is 0 Å². The van der Waals surface area contributed by atoms with Gasteiger partial charge in [0.05, 0.1) is 24.8 Å². The van der Waals surface area contributed by atoms with E-state index in [4.69, 9.17) is 8.85 Å². The zero-order valence-electron chi connectivity index (χ0n) is 25.7. The number of benzene rings is 1. The molecular formula is C31H55NO3Si2. The van der Waals surface area contributed by atoms with Crippen molar-refractivity contribution in [1.29, 1.82) is 0 Å². The maximum Gasteiger partial charge on any atom is 0.247 e. The molecule has 0 aromatic heterocycles. The highest BCUT2D eigenvalue weighted by atomic mass is 28.4. The molecule has 0 aliphatic carbocycles. The Bertz CT molecular complexity index is 884. The summed E-state index contributed by atoms with van der Waals surface area (Å²) in [6.45, 7) is 33.5. The van der Waals surface area contributed by atoms with E-state index in [9.17, 15) is 4.79 Å². The Morgan fingerprint density at radius 1 is 0.919 bits per heavy atom. The minimum atomic E-state index is -2.06. The van der Waals surface area contributed by atoms with E-state index >= 15 is 0 Å². The average molecular weight is 546 g/mol. The molecule has 0 spiro atoms. The Labute approximate surface area is 230 Å². The molecule has 0 N–H and O–H groups in total. The van der Waals surface area contributed by atoms with Gasteiger partial charge in [0.2, 0.25) is 5.91 Å². The molecule has 0 saturated heterocycles. The second-order valence-electron chi connectivity index (χ2n) is 13.6. The molecule has 1 amide bonds. The largest absolute Gasteiger partial charge is 0.414 e. The second-order valence-corrected chi connectivity index (χ2v) is 23.3. The van der Waals surface area contributed by atoms with Crippen LogP contribution in [0.15, 0.2) is 55.6 Å². The maximum absolute atomic E-state index is 13.7. The summed E-state index contributed by atoms with van der Waals surface area (Å²) in [7, 11) is -4.11. The van der Waals surface area contributed by atoms with Crippen molar-refractivity contribution in [2.45, 2.75) is 116 Å². The fraction of sp³-hybridized carbons (Fsp3) is 0.645. The van der Waals surface area contributed by atoms with Gasteiger partial charge in [-0.1, -0.05) is 84.5 Å². The predicted octanol–water partition coefficient (Wildman–Crippen LogP) is 8.90. The van der Waals surface area contributed by atoms with Crippen molar-refractivity contribution in [2.24, 2.45) is 0 Å². The lowest BCUT2D eigenvalue weighted by atomic mass is 9.89. The van der Waals surface area contributed by atoms with Gasteiger partial charge in [-0.3, -0.25) is 4.79 Å². The van der Waals surface area contributed by atoms with E-state index in [1.54, 1.807) is 0 Å². The summed E-state index contributed by atoms with van der Waals surface area (Å²) in [4.78, 5) is 15.8. The second kappa shape index (κ2) is 13.1. The van der Waals surface area contributed by atoms with Crippen LogP contribution in [0.5, 0.6) is 0 Å². The number of rotatable bonds is 14. The molecule has 0 aliphatic heterocycles. The van der Waals surface area contributed by atoms with Gasteiger partial charge in [-0.2, -0.15) is 0 Å². The maximum atomic E-state index is 13.7. The highest BCUT2D eigenvalue weighted by Gasteiger charge is 2.45. The highest BCUT2D eigenvalue weighted by molar-refractivity contribution is 6.74. The van der Waals surface area contributed by atoms with E-state index in [1.807, 2.05) is 29.2 Å². The van der Waals surface area contributed by atoms with Gasteiger partial charge >= 0.3 is 0 Å². The first-order chi connectivity index (χ1) is 16.8. The quantitative estimate of drug-likeness (QED) is 0.101. The molecule has 0 saturated carbocycles. The molecule has 0 aliphatic rings. The van der Waals surface area contributed by atoms with Crippen LogP contribution in [-0.2, 0) is 13.6 Å². The summed E-state index contributed by atoms with van der Waals surface area (Å²) < 4.78 is 13.6. The number of amides is 1. The molecule has 0 unspecified atom stereocenters. The number of hydrogen-bond acceptors (Lipinski definition) is 3. The molecule has 210 valence electrons. The summed E-state index contributed by atoms with van der Waals surface area (Å²) in [5, 5.41) is 0.146. The Morgan fingerprint density at radius 2 is 1.43 bits per heavy atom. The van der Waals surface area contributed by atoms with Gasteiger partial charge in [-0.25, -0.2) is 0 Å². The molecule has 1 rings (SSSR count). The molecule has 0 radical (unpaired) electrons. The van der Waals surface area contributed by atoms with Crippen LogP contribution in [0.2, 0.25) is 36.3 Å². The van der Waals surface area contributed by atoms with E-state index in [-0.39, 0.29) is 22.0 Å². The van der Waals surface area contributed by atoms with Crippen molar-refractivity contribution >= 4 is 22.5 Å². The molecule has 0 fully saturated rings. The third kappa shape index (κ3) is 9.05. The number of hydrogen-bond donors (Lipinski definition) is 0. The van der Waals surface area contributed by atoms with Crippen molar-refractivity contribution in [3.63, 3.8) is 0 Å². The first-order valence-corrected chi connectivity index (χ1v) is 19.5. The van der Waals surface area contributed by atoms with E-state index < -0.39 is 22.2 Å². The van der Waals surface area contributed by atoms with Crippen LogP contribution in [0.25, 0.3) is 0 Å². The molecule has 2 atom stereocenters. The van der Waals surface area contributed by atoms with Crippen molar-refractivity contribution in [3.8, 4) is 0 Å². The molecule has 4 nitrogen and oxygen atoms in total. The van der Waals surface area contributed by atoms with Crippen LogP contribution in [0.1, 0.15) is 79.3 Å². The van der Waals surface area contributed by atoms with Crippen molar-refractivity contribution in [3.05, 3.63) is 61.2 Å².